The summed E-state index contributed by atoms with van der Waals surface area (Å²) in [6, 6.07) is 3.69. The highest BCUT2D eigenvalue weighted by Crippen LogP contribution is 2.18. The molecule has 1 radical (unpaired) electrons. The van der Waals surface area contributed by atoms with E-state index >= 15 is 0 Å². The van der Waals surface area contributed by atoms with Gasteiger partial charge in [0.25, 0.3) is 0 Å². The van der Waals surface area contributed by atoms with E-state index < -0.39 is 0 Å². The van der Waals surface area contributed by atoms with E-state index in [9.17, 15) is 5.11 Å². The van der Waals surface area contributed by atoms with E-state index in [1.54, 1.807) is 0 Å². The van der Waals surface area contributed by atoms with Gasteiger partial charge in [0, 0.05) is 5.69 Å². The summed E-state index contributed by atoms with van der Waals surface area (Å²) in [7, 11) is 0. The van der Waals surface area contributed by atoms with Crippen molar-refractivity contribution >= 4 is 5.69 Å². The predicted molar refractivity (Wildman–Crippen MR) is 44.7 cm³/mol. The molecule has 1 aromatic rings. The van der Waals surface area contributed by atoms with Crippen LogP contribution in [0.15, 0.2) is 12.1 Å². The summed E-state index contributed by atoms with van der Waals surface area (Å²) < 4.78 is 0. The van der Waals surface area contributed by atoms with Crippen LogP contribution in [0, 0.1) is 13.8 Å². The first-order valence-electron chi connectivity index (χ1n) is 3.59. The summed E-state index contributed by atoms with van der Waals surface area (Å²) >= 11 is 0. The summed E-state index contributed by atoms with van der Waals surface area (Å²) in [5.41, 5.74) is 9.30. The van der Waals surface area contributed by atoms with Crippen molar-refractivity contribution in [1.82, 2.24) is 0 Å². The molecule has 1 rings (SSSR count). The summed E-state index contributed by atoms with van der Waals surface area (Å²) in [6.07, 6.45) is 0. The molecule has 0 amide bonds. The van der Waals surface area contributed by atoms with Gasteiger partial charge in [0.05, 0.1) is 0 Å². The molecule has 0 saturated carbocycles. The minimum absolute atomic E-state index is 0.165. The number of nitrogen functional groups attached to an aromatic ring is 1. The van der Waals surface area contributed by atoms with Crippen LogP contribution in [0.1, 0.15) is 16.7 Å². The molecule has 0 unspecified atom stereocenters. The van der Waals surface area contributed by atoms with Crippen LogP contribution in [0.25, 0.3) is 0 Å². The zero-order chi connectivity index (χ0) is 8.43. The molecular weight excluding hydrogens is 138 g/mol. The van der Waals surface area contributed by atoms with E-state index in [4.69, 9.17) is 5.73 Å². The normalized spacial score (nSPS) is 10.1. The molecule has 0 aliphatic rings. The summed E-state index contributed by atoms with van der Waals surface area (Å²) in [5.74, 6) is 0. The lowest BCUT2D eigenvalue weighted by Crippen LogP contribution is -1.95. The molecule has 0 aromatic heterocycles. The van der Waals surface area contributed by atoms with Gasteiger partial charge in [-0.2, -0.15) is 0 Å². The maximum absolute atomic E-state index is 10.5. The first kappa shape index (κ1) is 8.08. The molecule has 0 aliphatic carbocycles. The maximum atomic E-state index is 10.5. The van der Waals surface area contributed by atoms with Crippen molar-refractivity contribution in [3.8, 4) is 0 Å². The molecular formula is C9H12NO. The highest BCUT2D eigenvalue weighted by Gasteiger charge is 2.00. The molecule has 0 spiro atoms. The van der Waals surface area contributed by atoms with Crippen LogP contribution in [0.5, 0.6) is 0 Å². The van der Waals surface area contributed by atoms with Crippen molar-refractivity contribution in [2.75, 3.05) is 5.73 Å². The van der Waals surface area contributed by atoms with Crippen LogP contribution in [-0.4, -0.2) is 0 Å². The van der Waals surface area contributed by atoms with E-state index in [-0.39, 0.29) is 6.61 Å². The minimum Gasteiger partial charge on any atom is -0.398 e. The minimum atomic E-state index is -0.165. The number of hydrogen-bond donors (Lipinski definition) is 1. The van der Waals surface area contributed by atoms with Gasteiger partial charge in [-0.25, -0.2) is 5.11 Å². The molecule has 0 saturated heterocycles. The zero-order valence-electron chi connectivity index (χ0n) is 6.85. The fraction of sp³-hybridized carbons (Fsp3) is 0.333. The van der Waals surface area contributed by atoms with Crippen LogP contribution in [0.3, 0.4) is 0 Å². The van der Waals surface area contributed by atoms with Gasteiger partial charge >= 0.3 is 0 Å². The van der Waals surface area contributed by atoms with Gasteiger partial charge in [0.15, 0.2) is 0 Å². The van der Waals surface area contributed by atoms with Crippen molar-refractivity contribution in [1.29, 1.82) is 0 Å². The van der Waals surface area contributed by atoms with Crippen molar-refractivity contribution in [2.45, 2.75) is 20.5 Å². The van der Waals surface area contributed by atoms with Crippen LogP contribution >= 0.6 is 0 Å². The first-order chi connectivity index (χ1) is 5.15. The molecule has 0 fully saturated rings. The second kappa shape index (κ2) is 2.93. The van der Waals surface area contributed by atoms with E-state index in [0.29, 0.717) is 0 Å². The number of hydrogen-bond acceptors (Lipinski definition) is 1. The molecule has 0 heterocycles. The van der Waals surface area contributed by atoms with Crippen LogP contribution in [0.2, 0.25) is 0 Å². The summed E-state index contributed by atoms with van der Waals surface area (Å²) in [6.45, 7) is 3.67. The Morgan fingerprint density at radius 1 is 1.27 bits per heavy atom. The number of nitrogens with two attached hydrogens (primary N) is 1. The van der Waals surface area contributed by atoms with Crippen LogP contribution in [0.4, 0.5) is 5.69 Å². The van der Waals surface area contributed by atoms with Crippen molar-refractivity contribution in [3.05, 3.63) is 28.8 Å². The SMILES string of the molecule is Cc1cc(C[O])cc(C)c1N. The second-order valence-electron chi connectivity index (χ2n) is 2.79. The fourth-order valence-electron chi connectivity index (χ4n) is 1.15. The maximum Gasteiger partial charge on any atom is 0.107 e. The standard InChI is InChI=1S/C9H12NO/c1-6-3-8(5-11)4-7(2)9(6)10/h3-4H,5,10H2,1-2H3. The summed E-state index contributed by atoms with van der Waals surface area (Å²) in [5, 5.41) is 10.5. The molecule has 0 bridgehead atoms. The predicted octanol–water partition coefficient (Wildman–Crippen LogP) is 1.82. The Morgan fingerprint density at radius 3 is 2.09 bits per heavy atom. The largest absolute Gasteiger partial charge is 0.398 e. The topological polar surface area (TPSA) is 45.9 Å². The number of rotatable bonds is 1. The van der Waals surface area contributed by atoms with E-state index in [0.717, 1.165) is 22.4 Å². The molecule has 11 heavy (non-hydrogen) atoms. The lowest BCUT2D eigenvalue weighted by atomic mass is 10.1. The number of anilines is 1. The van der Waals surface area contributed by atoms with Crippen LogP contribution in [-0.2, 0) is 11.7 Å². The van der Waals surface area contributed by atoms with Crippen LogP contribution < -0.4 is 5.73 Å². The zero-order valence-corrected chi connectivity index (χ0v) is 6.85. The quantitative estimate of drug-likeness (QED) is 0.610. The third-order valence-corrected chi connectivity index (χ3v) is 1.82. The van der Waals surface area contributed by atoms with Gasteiger partial charge in [0.2, 0.25) is 0 Å². The lowest BCUT2D eigenvalue weighted by molar-refractivity contribution is 0.177. The molecule has 2 N–H and O–H groups in total. The average molecular weight is 150 g/mol. The Kier molecular flexibility index (Phi) is 2.15. The molecule has 0 atom stereocenters. The lowest BCUT2D eigenvalue weighted by Gasteiger charge is -2.05. The van der Waals surface area contributed by atoms with Gasteiger partial charge in [-0.1, -0.05) is 12.1 Å². The molecule has 0 aliphatic heterocycles. The van der Waals surface area contributed by atoms with E-state index in [1.165, 1.54) is 0 Å². The highest BCUT2D eigenvalue weighted by molar-refractivity contribution is 5.54. The second-order valence-corrected chi connectivity index (χ2v) is 2.79. The Hall–Kier alpha value is -1.02. The molecule has 1 aromatic carbocycles. The van der Waals surface area contributed by atoms with Gasteiger partial charge < -0.3 is 5.73 Å². The Labute approximate surface area is 66.7 Å². The summed E-state index contributed by atoms with van der Waals surface area (Å²) in [4.78, 5) is 0. The van der Waals surface area contributed by atoms with Crippen molar-refractivity contribution in [3.63, 3.8) is 0 Å². The number of aryl methyl sites for hydroxylation is 2. The van der Waals surface area contributed by atoms with Crippen molar-refractivity contribution < 1.29 is 5.11 Å². The van der Waals surface area contributed by atoms with E-state index in [2.05, 4.69) is 0 Å². The van der Waals surface area contributed by atoms with Crippen molar-refractivity contribution in [2.24, 2.45) is 0 Å². The monoisotopic (exact) mass is 150 g/mol. The van der Waals surface area contributed by atoms with Gasteiger partial charge in [-0.3, -0.25) is 0 Å². The third kappa shape index (κ3) is 1.52. The number of benzene rings is 1. The molecule has 2 nitrogen and oxygen atoms in total. The highest BCUT2D eigenvalue weighted by atomic mass is 16.3. The Morgan fingerprint density at radius 2 is 1.73 bits per heavy atom. The Balaban J connectivity index is 3.21. The van der Waals surface area contributed by atoms with Gasteiger partial charge in [-0.15, -0.1) is 0 Å². The van der Waals surface area contributed by atoms with E-state index in [1.807, 2.05) is 26.0 Å². The molecule has 59 valence electrons. The first-order valence-corrected chi connectivity index (χ1v) is 3.59. The molecule has 2 heteroatoms. The van der Waals surface area contributed by atoms with Gasteiger partial charge in [-0.05, 0) is 30.5 Å². The fourth-order valence-corrected chi connectivity index (χ4v) is 1.15. The smallest absolute Gasteiger partial charge is 0.107 e. The van der Waals surface area contributed by atoms with Gasteiger partial charge in [0.1, 0.15) is 6.61 Å². The Bertz CT molecular complexity index is 245. The average Bonchev–Trinajstić information content (AvgIpc) is 1.99. The third-order valence-electron chi connectivity index (χ3n) is 1.82.